The summed E-state index contributed by atoms with van der Waals surface area (Å²) in [4.78, 5) is 22.7. The third-order valence-electron chi connectivity index (χ3n) is 2.91. The predicted molar refractivity (Wildman–Crippen MR) is 67.5 cm³/mol. The second-order valence-electron chi connectivity index (χ2n) is 4.25. The minimum atomic E-state index is -0.934. The molecule has 2 unspecified atom stereocenters. The number of carbonyl (C=O) groups excluding carboxylic acids is 1. The first kappa shape index (κ1) is 13.5. The summed E-state index contributed by atoms with van der Waals surface area (Å²) in [7, 11) is 0. The number of carboxylic acid groups (broad SMARTS) is 1. The highest BCUT2D eigenvalue weighted by Gasteiger charge is 2.26. The van der Waals surface area contributed by atoms with E-state index in [1.165, 1.54) is 18.2 Å². The molecule has 0 heterocycles. The van der Waals surface area contributed by atoms with Crippen molar-refractivity contribution in [2.45, 2.75) is 12.5 Å². The molecule has 19 heavy (non-hydrogen) atoms. The average Bonchev–Trinajstić information content (AvgIpc) is 2.81. The number of aliphatic carboxylic acids is 1. The van der Waals surface area contributed by atoms with Gasteiger partial charge in [0.1, 0.15) is 5.82 Å². The van der Waals surface area contributed by atoms with E-state index < -0.39 is 23.6 Å². The van der Waals surface area contributed by atoms with E-state index in [0.29, 0.717) is 0 Å². The fourth-order valence-electron chi connectivity index (χ4n) is 1.91. The van der Waals surface area contributed by atoms with E-state index in [2.05, 4.69) is 5.32 Å². The van der Waals surface area contributed by atoms with Gasteiger partial charge in [0, 0.05) is 6.04 Å². The molecule has 2 N–H and O–H groups in total. The van der Waals surface area contributed by atoms with Crippen molar-refractivity contribution in [1.82, 2.24) is 5.32 Å². The summed E-state index contributed by atoms with van der Waals surface area (Å²) in [6.07, 6.45) is 3.43. The maximum absolute atomic E-state index is 13.2. The number of halogens is 2. The van der Waals surface area contributed by atoms with Crippen LogP contribution < -0.4 is 5.32 Å². The van der Waals surface area contributed by atoms with Gasteiger partial charge in [0.15, 0.2) is 0 Å². The lowest BCUT2D eigenvalue weighted by atomic mass is 10.1. The lowest BCUT2D eigenvalue weighted by Crippen LogP contribution is -2.33. The first-order chi connectivity index (χ1) is 8.99. The predicted octanol–water partition coefficient (Wildman–Crippen LogP) is 2.24. The number of carbonyl (C=O) groups is 2. The summed E-state index contributed by atoms with van der Waals surface area (Å²) in [6, 6.07) is 3.58. The van der Waals surface area contributed by atoms with E-state index in [9.17, 15) is 14.0 Å². The number of hydrogen-bond acceptors (Lipinski definition) is 2. The van der Waals surface area contributed by atoms with Crippen LogP contribution in [0.15, 0.2) is 30.4 Å². The van der Waals surface area contributed by atoms with Gasteiger partial charge in [-0.2, -0.15) is 0 Å². The lowest BCUT2D eigenvalue weighted by molar-refractivity contribution is -0.140. The average molecular weight is 284 g/mol. The number of rotatable bonds is 3. The Morgan fingerprint density at radius 1 is 1.37 bits per heavy atom. The molecule has 1 aromatic carbocycles. The molecule has 2 rings (SSSR count). The molecule has 100 valence electrons. The molecule has 0 aromatic heterocycles. The number of carboxylic acids is 1. The van der Waals surface area contributed by atoms with E-state index in [-0.39, 0.29) is 23.0 Å². The Hall–Kier alpha value is -1.88. The van der Waals surface area contributed by atoms with Crippen LogP contribution in [0.5, 0.6) is 0 Å². The molecule has 0 saturated heterocycles. The molecule has 1 amide bonds. The third kappa shape index (κ3) is 2.93. The molecule has 4 nitrogen and oxygen atoms in total. The van der Waals surface area contributed by atoms with Gasteiger partial charge in [0.25, 0.3) is 5.91 Å². The summed E-state index contributed by atoms with van der Waals surface area (Å²) < 4.78 is 13.2. The summed E-state index contributed by atoms with van der Waals surface area (Å²) in [5.41, 5.74) is 0.0360. The van der Waals surface area contributed by atoms with Crippen molar-refractivity contribution >= 4 is 23.5 Å². The van der Waals surface area contributed by atoms with Gasteiger partial charge in [0.2, 0.25) is 0 Å². The van der Waals surface area contributed by atoms with Gasteiger partial charge in [-0.15, -0.1) is 0 Å². The van der Waals surface area contributed by atoms with Crippen molar-refractivity contribution in [3.05, 3.63) is 46.8 Å². The second-order valence-corrected chi connectivity index (χ2v) is 4.62. The first-order valence-electron chi connectivity index (χ1n) is 5.65. The molecular formula is C13H11ClFNO3. The molecule has 0 bridgehead atoms. The zero-order valence-electron chi connectivity index (χ0n) is 9.77. The van der Waals surface area contributed by atoms with Crippen LogP contribution in [-0.4, -0.2) is 23.0 Å². The highest BCUT2D eigenvalue weighted by molar-refractivity contribution is 6.34. The van der Waals surface area contributed by atoms with Crippen molar-refractivity contribution < 1.29 is 19.1 Å². The highest BCUT2D eigenvalue weighted by atomic mass is 35.5. The molecule has 0 saturated carbocycles. The van der Waals surface area contributed by atoms with Crippen molar-refractivity contribution in [3.8, 4) is 0 Å². The Morgan fingerprint density at radius 2 is 2.11 bits per heavy atom. The van der Waals surface area contributed by atoms with E-state index in [4.69, 9.17) is 16.7 Å². The zero-order valence-corrected chi connectivity index (χ0v) is 10.5. The monoisotopic (exact) mass is 283 g/mol. The molecule has 1 aliphatic carbocycles. The van der Waals surface area contributed by atoms with Crippen molar-refractivity contribution in [2.24, 2.45) is 5.92 Å². The number of hydrogen-bond donors (Lipinski definition) is 2. The van der Waals surface area contributed by atoms with E-state index in [0.717, 1.165) is 6.07 Å². The van der Waals surface area contributed by atoms with Crippen LogP contribution >= 0.6 is 11.6 Å². The van der Waals surface area contributed by atoms with E-state index in [1.807, 2.05) is 0 Å². The quantitative estimate of drug-likeness (QED) is 0.836. The van der Waals surface area contributed by atoms with Gasteiger partial charge in [-0.1, -0.05) is 29.8 Å². The van der Waals surface area contributed by atoms with Gasteiger partial charge in [-0.05, 0) is 18.6 Å². The molecule has 2 atom stereocenters. The number of nitrogens with one attached hydrogen (secondary N) is 1. The van der Waals surface area contributed by atoms with Crippen LogP contribution in [0, 0.1) is 11.7 Å². The molecule has 0 spiro atoms. The Bertz CT molecular complexity index is 559. The molecule has 1 aliphatic rings. The SMILES string of the molecule is O=C(NC1C=CC(C(=O)O)C1)c1cccc(F)c1Cl. The van der Waals surface area contributed by atoms with Crippen LogP contribution in [0.1, 0.15) is 16.8 Å². The fraction of sp³-hybridized carbons (Fsp3) is 0.231. The summed E-state index contributed by atoms with van der Waals surface area (Å²) in [5, 5.41) is 11.2. The Morgan fingerprint density at radius 3 is 2.74 bits per heavy atom. The Kier molecular flexibility index (Phi) is 3.85. The molecule has 0 radical (unpaired) electrons. The van der Waals surface area contributed by atoms with Crippen molar-refractivity contribution in [2.75, 3.05) is 0 Å². The normalized spacial score (nSPS) is 21.4. The Labute approximate surface area is 113 Å². The van der Waals surface area contributed by atoms with Crippen molar-refractivity contribution in [3.63, 3.8) is 0 Å². The molecule has 0 fully saturated rings. The largest absolute Gasteiger partial charge is 0.481 e. The minimum absolute atomic E-state index is 0.0360. The summed E-state index contributed by atoms with van der Waals surface area (Å²) in [6.45, 7) is 0. The molecule has 0 aliphatic heterocycles. The highest BCUT2D eigenvalue weighted by Crippen LogP contribution is 2.22. The standard InChI is InChI=1S/C13H11ClFNO3/c14-11-9(2-1-3-10(11)15)12(17)16-8-5-4-7(6-8)13(18)19/h1-5,7-8H,6H2,(H,16,17)(H,18,19). The first-order valence-corrected chi connectivity index (χ1v) is 6.03. The van der Waals surface area contributed by atoms with Crippen LogP contribution in [-0.2, 0) is 4.79 Å². The smallest absolute Gasteiger partial charge is 0.310 e. The minimum Gasteiger partial charge on any atom is -0.481 e. The van der Waals surface area contributed by atoms with Crippen LogP contribution in [0.25, 0.3) is 0 Å². The second kappa shape index (κ2) is 5.40. The van der Waals surface area contributed by atoms with E-state index in [1.54, 1.807) is 6.08 Å². The molecule has 1 aromatic rings. The Balaban J connectivity index is 2.05. The maximum Gasteiger partial charge on any atom is 0.310 e. The van der Waals surface area contributed by atoms with Gasteiger partial charge < -0.3 is 10.4 Å². The van der Waals surface area contributed by atoms with Crippen LogP contribution in [0.4, 0.5) is 4.39 Å². The van der Waals surface area contributed by atoms with E-state index >= 15 is 0 Å². The fourth-order valence-corrected chi connectivity index (χ4v) is 2.13. The van der Waals surface area contributed by atoms with Crippen LogP contribution in [0.2, 0.25) is 5.02 Å². The van der Waals surface area contributed by atoms with Gasteiger partial charge >= 0.3 is 5.97 Å². The maximum atomic E-state index is 13.2. The topological polar surface area (TPSA) is 66.4 Å². The number of amides is 1. The van der Waals surface area contributed by atoms with Gasteiger partial charge in [-0.25, -0.2) is 4.39 Å². The third-order valence-corrected chi connectivity index (χ3v) is 3.30. The number of benzene rings is 1. The summed E-state index contributed by atoms with van der Waals surface area (Å²) >= 11 is 5.70. The molecule has 6 heteroatoms. The van der Waals surface area contributed by atoms with Crippen molar-refractivity contribution in [1.29, 1.82) is 0 Å². The summed E-state index contributed by atoms with van der Waals surface area (Å²) in [5.74, 6) is -2.73. The van der Waals surface area contributed by atoms with Gasteiger partial charge in [-0.3, -0.25) is 9.59 Å². The van der Waals surface area contributed by atoms with Gasteiger partial charge in [0.05, 0.1) is 16.5 Å². The van der Waals surface area contributed by atoms with Crippen LogP contribution in [0.3, 0.4) is 0 Å². The lowest BCUT2D eigenvalue weighted by Gasteiger charge is -2.13. The molecular weight excluding hydrogens is 273 g/mol. The zero-order chi connectivity index (χ0) is 14.0.